The zero-order chi connectivity index (χ0) is 18.6. The number of amides is 1. The van der Waals surface area contributed by atoms with Gasteiger partial charge in [-0.1, -0.05) is 60.7 Å². The average Bonchev–Trinajstić information content (AvgIpc) is 2.74. The molecule has 0 aromatic heterocycles. The number of rotatable bonds is 6. The van der Waals surface area contributed by atoms with Crippen LogP contribution in [0.1, 0.15) is 17.2 Å². The smallest absolute Gasteiger partial charge is 0.259 e. The molecule has 3 aromatic carbocycles. The molecule has 0 aliphatic carbocycles. The summed E-state index contributed by atoms with van der Waals surface area (Å²) >= 11 is 0. The molecule has 1 aliphatic heterocycles. The second kappa shape index (κ2) is 7.64. The summed E-state index contributed by atoms with van der Waals surface area (Å²) in [6.45, 7) is 0.414. The average molecular weight is 359 g/mol. The van der Waals surface area contributed by atoms with Gasteiger partial charge >= 0.3 is 0 Å². The minimum Gasteiger partial charge on any atom is -0.497 e. The van der Waals surface area contributed by atoms with E-state index in [-0.39, 0.29) is 11.9 Å². The maximum Gasteiger partial charge on any atom is 0.259 e. The molecule has 0 saturated carbocycles. The Labute approximate surface area is 159 Å². The van der Waals surface area contributed by atoms with Crippen molar-refractivity contribution >= 4 is 11.6 Å². The zero-order valence-electron chi connectivity index (χ0n) is 15.1. The molecule has 4 nitrogen and oxygen atoms in total. The molecule has 3 aromatic rings. The molecule has 4 heteroatoms. The summed E-state index contributed by atoms with van der Waals surface area (Å²) in [5, 5.41) is 0. The maximum absolute atomic E-state index is 12.9. The molecule has 1 amide bonds. The zero-order valence-corrected chi connectivity index (χ0v) is 15.1. The number of β-lactam (4-membered cyclic amide) rings is 1. The molecule has 0 N–H and O–H groups in total. The van der Waals surface area contributed by atoms with Gasteiger partial charge in [0.1, 0.15) is 5.75 Å². The number of methoxy groups -OCH3 is 1. The Balaban J connectivity index is 1.58. The molecular formula is C23H21NO3. The number of anilines is 1. The van der Waals surface area contributed by atoms with Crippen LogP contribution >= 0.6 is 0 Å². The van der Waals surface area contributed by atoms with E-state index in [1.165, 1.54) is 0 Å². The minimum absolute atomic E-state index is 0.0232. The van der Waals surface area contributed by atoms with Crippen molar-refractivity contribution in [3.8, 4) is 5.75 Å². The summed E-state index contributed by atoms with van der Waals surface area (Å²) in [5.41, 5.74) is 2.96. The Morgan fingerprint density at radius 2 is 1.48 bits per heavy atom. The van der Waals surface area contributed by atoms with Crippen molar-refractivity contribution in [1.82, 2.24) is 0 Å². The van der Waals surface area contributed by atoms with E-state index in [2.05, 4.69) is 0 Å². The highest BCUT2D eigenvalue weighted by Crippen LogP contribution is 2.41. The van der Waals surface area contributed by atoms with Crippen LogP contribution in [0.2, 0.25) is 0 Å². The number of benzene rings is 3. The Morgan fingerprint density at radius 3 is 2.11 bits per heavy atom. The Hall–Kier alpha value is -3.11. The Kier molecular flexibility index (Phi) is 4.90. The van der Waals surface area contributed by atoms with Crippen LogP contribution in [0.25, 0.3) is 0 Å². The molecule has 1 heterocycles. The maximum atomic E-state index is 12.9. The molecule has 0 radical (unpaired) electrons. The Bertz CT molecular complexity index is 894. The first kappa shape index (κ1) is 17.3. The molecule has 0 bridgehead atoms. The summed E-state index contributed by atoms with van der Waals surface area (Å²) in [7, 11) is 1.63. The van der Waals surface area contributed by atoms with Gasteiger partial charge in [0.15, 0.2) is 6.10 Å². The third-order valence-corrected chi connectivity index (χ3v) is 4.81. The van der Waals surface area contributed by atoms with E-state index >= 15 is 0 Å². The van der Waals surface area contributed by atoms with E-state index < -0.39 is 6.10 Å². The molecule has 27 heavy (non-hydrogen) atoms. The summed E-state index contributed by atoms with van der Waals surface area (Å²) in [5.74, 6) is 0.741. The normalized spacial score (nSPS) is 18.9. The molecule has 1 aliphatic rings. The van der Waals surface area contributed by atoms with Crippen LogP contribution in [0.4, 0.5) is 5.69 Å². The summed E-state index contributed by atoms with van der Waals surface area (Å²) in [6, 6.07) is 27.3. The van der Waals surface area contributed by atoms with Gasteiger partial charge in [-0.3, -0.25) is 9.69 Å². The lowest BCUT2D eigenvalue weighted by Crippen LogP contribution is -2.60. The Morgan fingerprint density at radius 1 is 0.852 bits per heavy atom. The highest BCUT2D eigenvalue weighted by Gasteiger charge is 2.49. The highest BCUT2D eigenvalue weighted by molar-refractivity contribution is 6.05. The van der Waals surface area contributed by atoms with Gasteiger partial charge in [0.25, 0.3) is 5.91 Å². The molecule has 4 rings (SSSR count). The van der Waals surface area contributed by atoms with Gasteiger partial charge in [0, 0.05) is 5.69 Å². The van der Waals surface area contributed by atoms with E-state index in [0.29, 0.717) is 6.61 Å². The number of carbonyl (C=O) groups is 1. The van der Waals surface area contributed by atoms with Gasteiger partial charge in [-0.25, -0.2) is 0 Å². The van der Waals surface area contributed by atoms with Crippen LogP contribution < -0.4 is 9.64 Å². The lowest BCUT2D eigenvalue weighted by Gasteiger charge is -2.46. The number of ether oxygens (including phenoxy) is 2. The third kappa shape index (κ3) is 3.44. The van der Waals surface area contributed by atoms with Gasteiger partial charge in [-0.05, 0) is 35.4 Å². The van der Waals surface area contributed by atoms with E-state index in [0.717, 1.165) is 22.6 Å². The lowest BCUT2D eigenvalue weighted by molar-refractivity contribution is -0.143. The van der Waals surface area contributed by atoms with Crippen molar-refractivity contribution in [2.45, 2.75) is 18.8 Å². The molecule has 2 atom stereocenters. The van der Waals surface area contributed by atoms with Crippen LogP contribution in [0.15, 0.2) is 84.9 Å². The third-order valence-electron chi connectivity index (χ3n) is 4.81. The minimum atomic E-state index is -0.491. The van der Waals surface area contributed by atoms with Gasteiger partial charge in [-0.2, -0.15) is 0 Å². The predicted molar refractivity (Wildman–Crippen MR) is 105 cm³/mol. The number of hydrogen-bond acceptors (Lipinski definition) is 3. The summed E-state index contributed by atoms with van der Waals surface area (Å²) < 4.78 is 11.2. The van der Waals surface area contributed by atoms with Crippen LogP contribution in [-0.4, -0.2) is 19.1 Å². The summed E-state index contributed by atoms with van der Waals surface area (Å²) in [4.78, 5) is 14.7. The highest BCUT2D eigenvalue weighted by atomic mass is 16.5. The number of hydrogen-bond donors (Lipinski definition) is 0. The van der Waals surface area contributed by atoms with Crippen molar-refractivity contribution in [3.05, 3.63) is 96.1 Å². The SMILES string of the molecule is COc1ccc(N2C(=O)[C@@H](OCc3ccccc3)[C@@H]2c2ccccc2)cc1. The first-order valence-corrected chi connectivity index (χ1v) is 8.95. The molecule has 136 valence electrons. The van der Waals surface area contributed by atoms with Crippen LogP contribution in [-0.2, 0) is 16.1 Å². The fraction of sp³-hybridized carbons (Fsp3) is 0.174. The van der Waals surface area contributed by atoms with Crippen molar-refractivity contribution < 1.29 is 14.3 Å². The van der Waals surface area contributed by atoms with Crippen molar-refractivity contribution in [1.29, 1.82) is 0 Å². The second-order valence-electron chi connectivity index (χ2n) is 6.48. The topological polar surface area (TPSA) is 38.8 Å². The molecule has 1 fully saturated rings. The molecule has 0 spiro atoms. The quantitative estimate of drug-likeness (QED) is 0.614. The fourth-order valence-corrected chi connectivity index (χ4v) is 3.39. The lowest BCUT2D eigenvalue weighted by atomic mass is 9.89. The second-order valence-corrected chi connectivity index (χ2v) is 6.48. The van der Waals surface area contributed by atoms with Crippen LogP contribution in [0.5, 0.6) is 5.75 Å². The van der Waals surface area contributed by atoms with Crippen molar-refractivity contribution in [2.75, 3.05) is 12.0 Å². The first-order chi connectivity index (χ1) is 13.3. The van der Waals surface area contributed by atoms with Crippen LogP contribution in [0, 0.1) is 0 Å². The monoisotopic (exact) mass is 359 g/mol. The van der Waals surface area contributed by atoms with Gasteiger partial charge < -0.3 is 9.47 Å². The van der Waals surface area contributed by atoms with Gasteiger partial charge in [0.2, 0.25) is 0 Å². The standard InChI is InChI=1S/C23H21NO3/c1-26-20-14-12-19(13-15-20)24-21(18-10-6-3-7-11-18)22(23(24)25)27-16-17-8-4-2-5-9-17/h2-15,21-22H,16H2,1H3/t21-,22-/m0/s1. The molecule has 0 unspecified atom stereocenters. The first-order valence-electron chi connectivity index (χ1n) is 8.95. The predicted octanol–water partition coefficient (Wildman–Crippen LogP) is 4.37. The molecular weight excluding hydrogens is 338 g/mol. The molecule has 1 saturated heterocycles. The summed E-state index contributed by atoms with van der Waals surface area (Å²) in [6.07, 6.45) is -0.491. The van der Waals surface area contributed by atoms with Crippen molar-refractivity contribution in [2.24, 2.45) is 0 Å². The number of carbonyl (C=O) groups excluding carboxylic acids is 1. The van der Waals surface area contributed by atoms with E-state index in [1.54, 1.807) is 12.0 Å². The van der Waals surface area contributed by atoms with Crippen molar-refractivity contribution in [3.63, 3.8) is 0 Å². The van der Waals surface area contributed by atoms with E-state index in [1.807, 2.05) is 84.9 Å². The largest absolute Gasteiger partial charge is 0.497 e. The number of nitrogens with zero attached hydrogens (tertiary/aromatic N) is 1. The van der Waals surface area contributed by atoms with E-state index in [9.17, 15) is 4.79 Å². The van der Waals surface area contributed by atoms with Crippen LogP contribution in [0.3, 0.4) is 0 Å². The fourth-order valence-electron chi connectivity index (χ4n) is 3.39. The van der Waals surface area contributed by atoms with E-state index in [4.69, 9.17) is 9.47 Å². The van der Waals surface area contributed by atoms with Gasteiger partial charge in [-0.15, -0.1) is 0 Å². The van der Waals surface area contributed by atoms with Gasteiger partial charge in [0.05, 0.1) is 19.8 Å².